The van der Waals surface area contributed by atoms with Crippen molar-refractivity contribution in [1.29, 1.82) is 0 Å². The zero-order valence-corrected chi connectivity index (χ0v) is 10.4. The first kappa shape index (κ1) is 11.9. The fraction of sp³-hybridized carbons (Fsp3) is 0.917. The SMILES string of the molecule is CC(C)C1NCC(=O)N1CC1CCOC1C. The number of amides is 1. The van der Waals surface area contributed by atoms with Gasteiger partial charge in [0.05, 0.1) is 18.8 Å². The van der Waals surface area contributed by atoms with Gasteiger partial charge in [0.2, 0.25) is 5.91 Å². The van der Waals surface area contributed by atoms with E-state index in [2.05, 4.69) is 26.1 Å². The highest BCUT2D eigenvalue weighted by Gasteiger charge is 2.36. The number of ether oxygens (including phenoxy) is 1. The van der Waals surface area contributed by atoms with E-state index in [4.69, 9.17) is 4.74 Å². The fourth-order valence-corrected chi connectivity index (χ4v) is 2.64. The number of nitrogens with one attached hydrogen (secondary N) is 1. The molecule has 4 heteroatoms. The summed E-state index contributed by atoms with van der Waals surface area (Å²) in [7, 11) is 0. The minimum Gasteiger partial charge on any atom is -0.378 e. The zero-order chi connectivity index (χ0) is 11.7. The molecule has 4 nitrogen and oxygen atoms in total. The second-order valence-electron chi connectivity index (χ2n) is 5.24. The van der Waals surface area contributed by atoms with Crippen molar-refractivity contribution in [2.24, 2.45) is 11.8 Å². The molecule has 2 fully saturated rings. The van der Waals surface area contributed by atoms with E-state index in [1.165, 1.54) is 0 Å². The molecule has 16 heavy (non-hydrogen) atoms. The molecule has 0 aromatic rings. The first-order valence-corrected chi connectivity index (χ1v) is 6.24. The lowest BCUT2D eigenvalue weighted by molar-refractivity contribution is -0.129. The summed E-state index contributed by atoms with van der Waals surface area (Å²) in [5.41, 5.74) is 0. The quantitative estimate of drug-likeness (QED) is 0.775. The molecule has 1 N–H and O–H groups in total. The van der Waals surface area contributed by atoms with Crippen LogP contribution in [0.3, 0.4) is 0 Å². The minimum atomic E-state index is 0.209. The molecule has 2 saturated heterocycles. The highest BCUT2D eigenvalue weighted by molar-refractivity contribution is 5.80. The molecule has 3 unspecified atom stereocenters. The van der Waals surface area contributed by atoms with E-state index in [-0.39, 0.29) is 12.1 Å². The highest BCUT2D eigenvalue weighted by Crippen LogP contribution is 2.24. The van der Waals surface area contributed by atoms with Gasteiger partial charge < -0.3 is 9.64 Å². The van der Waals surface area contributed by atoms with Gasteiger partial charge >= 0.3 is 0 Å². The molecule has 0 aromatic carbocycles. The van der Waals surface area contributed by atoms with E-state index in [0.717, 1.165) is 19.6 Å². The van der Waals surface area contributed by atoms with Gasteiger partial charge in [0, 0.05) is 19.1 Å². The Hall–Kier alpha value is -0.610. The van der Waals surface area contributed by atoms with E-state index >= 15 is 0 Å². The Labute approximate surface area is 97.3 Å². The standard InChI is InChI=1S/C12H22N2O2/c1-8(2)12-13-6-11(15)14(12)7-10-4-5-16-9(10)3/h8-10,12-13H,4-7H2,1-3H3. The maximum atomic E-state index is 11.8. The third-order valence-corrected chi connectivity index (χ3v) is 3.71. The summed E-state index contributed by atoms with van der Waals surface area (Å²) in [5, 5.41) is 3.28. The van der Waals surface area contributed by atoms with E-state index in [0.29, 0.717) is 24.5 Å². The largest absolute Gasteiger partial charge is 0.378 e. The van der Waals surface area contributed by atoms with Crippen LogP contribution >= 0.6 is 0 Å². The third-order valence-electron chi connectivity index (χ3n) is 3.71. The number of hydrogen-bond donors (Lipinski definition) is 1. The van der Waals surface area contributed by atoms with Crippen LogP contribution in [-0.2, 0) is 9.53 Å². The summed E-state index contributed by atoms with van der Waals surface area (Å²) in [6.45, 7) is 8.58. The van der Waals surface area contributed by atoms with Gasteiger partial charge in [0.15, 0.2) is 0 Å². The summed E-state index contributed by atoms with van der Waals surface area (Å²) in [6.07, 6.45) is 1.58. The van der Waals surface area contributed by atoms with Gasteiger partial charge in [0.1, 0.15) is 0 Å². The fourth-order valence-electron chi connectivity index (χ4n) is 2.64. The van der Waals surface area contributed by atoms with E-state index in [1.54, 1.807) is 0 Å². The predicted octanol–water partition coefficient (Wildman–Crippen LogP) is 0.825. The maximum Gasteiger partial charge on any atom is 0.237 e. The van der Waals surface area contributed by atoms with Gasteiger partial charge in [-0.25, -0.2) is 0 Å². The van der Waals surface area contributed by atoms with Crippen molar-refractivity contribution in [1.82, 2.24) is 10.2 Å². The number of nitrogens with zero attached hydrogens (tertiary/aromatic N) is 1. The van der Waals surface area contributed by atoms with Crippen LogP contribution in [-0.4, -0.2) is 42.8 Å². The highest BCUT2D eigenvalue weighted by atomic mass is 16.5. The second kappa shape index (κ2) is 4.72. The molecule has 0 saturated carbocycles. The molecule has 2 aliphatic rings. The number of carbonyl (C=O) groups is 1. The summed E-state index contributed by atoms with van der Waals surface area (Å²) >= 11 is 0. The van der Waals surface area contributed by atoms with E-state index < -0.39 is 0 Å². The van der Waals surface area contributed by atoms with Crippen LogP contribution in [0.25, 0.3) is 0 Å². The Kier molecular flexibility index (Phi) is 3.50. The summed E-state index contributed by atoms with van der Waals surface area (Å²) in [5.74, 6) is 1.20. The van der Waals surface area contributed by atoms with Gasteiger partial charge in [-0.15, -0.1) is 0 Å². The lowest BCUT2D eigenvalue weighted by Gasteiger charge is -2.30. The third kappa shape index (κ3) is 2.23. The molecule has 1 amide bonds. The molecule has 0 aromatic heterocycles. The normalized spacial score (nSPS) is 35.4. The van der Waals surface area contributed by atoms with Gasteiger partial charge in [-0.2, -0.15) is 0 Å². The van der Waals surface area contributed by atoms with E-state index in [1.807, 2.05) is 4.90 Å². The lowest BCUT2D eigenvalue weighted by Crippen LogP contribution is -2.44. The molecule has 0 radical (unpaired) electrons. The number of rotatable bonds is 3. The predicted molar refractivity (Wildman–Crippen MR) is 61.9 cm³/mol. The molecular weight excluding hydrogens is 204 g/mol. The maximum absolute atomic E-state index is 11.8. The van der Waals surface area contributed by atoms with Crippen LogP contribution in [0.2, 0.25) is 0 Å². The lowest BCUT2D eigenvalue weighted by atomic mass is 10.0. The van der Waals surface area contributed by atoms with Crippen LogP contribution < -0.4 is 5.32 Å². The van der Waals surface area contributed by atoms with Crippen LogP contribution in [0.5, 0.6) is 0 Å². The first-order chi connectivity index (χ1) is 7.59. The summed E-state index contributed by atoms with van der Waals surface area (Å²) in [6, 6.07) is 0. The Bertz CT molecular complexity index is 268. The second-order valence-corrected chi connectivity index (χ2v) is 5.24. The first-order valence-electron chi connectivity index (χ1n) is 6.24. The van der Waals surface area contributed by atoms with Crippen LogP contribution in [0, 0.1) is 11.8 Å². The van der Waals surface area contributed by atoms with Gasteiger partial charge in [0.25, 0.3) is 0 Å². The van der Waals surface area contributed by atoms with Gasteiger partial charge in [-0.1, -0.05) is 13.8 Å². The molecule has 2 heterocycles. The Morgan fingerprint density at radius 2 is 2.31 bits per heavy atom. The van der Waals surface area contributed by atoms with Crippen LogP contribution in [0.1, 0.15) is 27.2 Å². The van der Waals surface area contributed by atoms with Crippen molar-refractivity contribution in [3.63, 3.8) is 0 Å². The van der Waals surface area contributed by atoms with Crippen molar-refractivity contribution in [3.05, 3.63) is 0 Å². The molecule has 2 rings (SSSR count). The Morgan fingerprint density at radius 1 is 1.56 bits per heavy atom. The topological polar surface area (TPSA) is 41.6 Å². The van der Waals surface area contributed by atoms with Crippen LogP contribution in [0.15, 0.2) is 0 Å². The van der Waals surface area contributed by atoms with Crippen molar-refractivity contribution in [2.75, 3.05) is 19.7 Å². The monoisotopic (exact) mass is 226 g/mol. The van der Waals surface area contributed by atoms with E-state index in [9.17, 15) is 4.79 Å². The summed E-state index contributed by atoms with van der Waals surface area (Å²) in [4.78, 5) is 13.8. The molecule has 0 bridgehead atoms. The van der Waals surface area contributed by atoms with Crippen molar-refractivity contribution >= 4 is 5.91 Å². The number of hydrogen-bond acceptors (Lipinski definition) is 3. The van der Waals surface area contributed by atoms with Gasteiger partial charge in [-0.05, 0) is 19.3 Å². The minimum absolute atomic E-state index is 0.209. The Balaban J connectivity index is 1.98. The van der Waals surface area contributed by atoms with Gasteiger partial charge in [-0.3, -0.25) is 10.1 Å². The molecule has 92 valence electrons. The molecule has 0 spiro atoms. The average molecular weight is 226 g/mol. The zero-order valence-electron chi connectivity index (χ0n) is 10.4. The smallest absolute Gasteiger partial charge is 0.237 e. The Morgan fingerprint density at radius 3 is 2.88 bits per heavy atom. The van der Waals surface area contributed by atoms with Crippen LogP contribution in [0.4, 0.5) is 0 Å². The molecule has 3 atom stereocenters. The number of carbonyl (C=O) groups excluding carboxylic acids is 1. The molecular formula is C12H22N2O2. The average Bonchev–Trinajstić information content (AvgIpc) is 2.76. The molecule has 2 aliphatic heterocycles. The molecule has 0 aliphatic carbocycles. The summed E-state index contributed by atoms with van der Waals surface area (Å²) < 4.78 is 5.55. The van der Waals surface area contributed by atoms with Crippen molar-refractivity contribution in [2.45, 2.75) is 39.5 Å². The van der Waals surface area contributed by atoms with Crippen molar-refractivity contribution < 1.29 is 9.53 Å². The van der Waals surface area contributed by atoms with Crippen molar-refractivity contribution in [3.8, 4) is 0 Å².